The SMILES string of the molecule is Cc1sc2nc(CSc3nnc(-c4ccccc4)o3)nc(N)c2c1C. The number of thioether (sulfide) groups is 1. The van der Waals surface area contributed by atoms with Gasteiger partial charge in [0, 0.05) is 10.4 Å². The summed E-state index contributed by atoms with van der Waals surface area (Å²) in [6.45, 7) is 4.12. The molecule has 0 aliphatic carbocycles. The second-order valence-corrected chi connectivity index (χ2v) is 7.65. The molecule has 8 heteroatoms. The maximum atomic E-state index is 6.12. The Hall–Kier alpha value is -2.45. The van der Waals surface area contributed by atoms with Crippen molar-refractivity contribution < 1.29 is 4.42 Å². The molecule has 0 amide bonds. The highest BCUT2D eigenvalue weighted by Gasteiger charge is 2.14. The summed E-state index contributed by atoms with van der Waals surface area (Å²) in [4.78, 5) is 11.2. The van der Waals surface area contributed by atoms with Crippen LogP contribution in [0, 0.1) is 13.8 Å². The lowest BCUT2D eigenvalue weighted by molar-refractivity contribution is 0.465. The minimum atomic E-state index is 0.486. The van der Waals surface area contributed by atoms with Crippen molar-refractivity contribution in [2.24, 2.45) is 0 Å². The molecular formula is C17H15N5OS2. The Balaban J connectivity index is 1.54. The molecule has 25 heavy (non-hydrogen) atoms. The van der Waals surface area contributed by atoms with Gasteiger partial charge in [-0.15, -0.1) is 21.5 Å². The molecule has 2 N–H and O–H groups in total. The first kappa shape index (κ1) is 16.0. The van der Waals surface area contributed by atoms with Crippen LogP contribution in [0.5, 0.6) is 0 Å². The van der Waals surface area contributed by atoms with Gasteiger partial charge in [0.15, 0.2) is 0 Å². The number of hydrogen-bond donors (Lipinski definition) is 1. The van der Waals surface area contributed by atoms with Crippen LogP contribution < -0.4 is 5.73 Å². The highest BCUT2D eigenvalue weighted by molar-refractivity contribution is 7.98. The van der Waals surface area contributed by atoms with Crippen LogP contribution in [0.15, 0.2) is 40.0 Å². The molecule has 0 atom stereocenters. The van der Waals surface area contributed by atoms with Gasteiger partial charge in [-0.05, 0) is 31.5 Å². The van der Waals surface area contributed by atoms with Crippen LogP contribution in [0.25, 0.3) is 21.7 Å². The number of aryl methyl sites for hydroxylation is 2. The number of aromatic nitrogens is 4. The minimum Gasteiger partial charge on any atom is -0.411 e. The zero-order chi connectivity index (χ0) is 17.4. The molecule has 0 spiro atoms. The highest BCUT2D eigenvalue weighted by Crippen LogP contribution is 2.33. The number of nitrogens with zero attached hydrogens (tertiary/aromatic N) is 4. The lowest BCUT2D eigenvalue weighted by Crippen LogP contribution is -1.99. The Morgan fingerprint density at radius 3 is 2.72 bits per heavy atom. The van der Waals surface area contributed by atoms with Crippen LogP contribution in [0.3, 0.4) is 0 Å². The summed E-state index contributed by atoms with van der Waals surface area (Å²) >= 11 is 3.04. The van der Waals surface area contributed by atoms with Gasteiger partial charge < -0.3 is 10.2 Å². The van der Waals surface area contributed by atoms with Gasteiger partial charge in [0.2, 0.25) is 5.89 Å². The molecule has 0 saturated carbocycles. The van der Waals surface area contributed by atoms with Gasteiger partial charge in [-0.1, -0.05) is 30.0 Å². The summed E-state index contributed by atoms with van der Waals surface area (Å²) in [7, 11) is 0. The third kappa shape index (κ3) is 3.10. The molecule has 0 fully saturated rings. The van der Waals surface area contributed by atoms with E-state index >= 15 is 0 Å². The molecule has 1 aromatic carbocycles. The predicted octanol–water partition coefficient (Wildman–Crippen LogP) is 4.23. The van der Waals surface area contributed by atoms with Crippen LogP contribution >= 0.6 is 23.1 Å². The second-order valence-electron chi connectivity index (χ2n) is 5.52. The summed E-state index contributed by atoms with van der Waals surface area (Å²) in [6, 6.07) is 9.68. The Kier molecular flexibility index (Phi) is 4.14. The van der Waals surface area contributed by atoms with Gasteiger partial charge in [-0.2, -0.15) is 0 Å². The standard InChI is InChI=1S/C17H15N5OS2/c1-9-10(2)25-16-13(9)14(18)19-12(20-16)8-24-17-22-21-15(23-17)11-6-4-3-5-7-11/h3-7H,8H2,1-2H3,(H2,18,19,20). The lowest BCUT2D eigenvalue weighted by atomic mass is 10.2. The summed E-state index contributed by atoms with van der Waals surface area (Å²) in [5.41, 5.74) is 8.17. The van der Waals surface area contributed by atoms with Crippen molar-refractivity contribution in [1.82, 2.24) is 20.2 Å². The van der Waals surface area contributed by atoms with Crippen molar-refractivity contribution in [3.05, 3.63) is 46.6 Å². The number of anilines is 1. The fraction of sp³-hybridized carbons (Fsp3) is 0.176. The van der Waals surface area contributed by atoms with E-state index in [1.54, 1.807) is 11.3 Å². The molecule has 126 valence electrons. The quantitative estimate of drug-likeness (QED) is 0.538. The number of nitrogens with two attached hydrogens (primary N) is 1. The van der Waals surface area contributed by atoms with Gasteiger partial charge in [0.05, 0.1) is 11.1 Å². The number of fused-ring (bicyclic) bond motifs is 1. The van der Waals surface area contributed by atoms with E-state index in [1.807, 2.05) is 37.3 Å². The molecule has 3 heterocycles. The summed E-state index contributed by atoms with van der Waals surface area (Å²) in [6.07, 6.45) is 0. The van der Waals surface area contributed by atoms with Crippen molar-refractivity contribution in [3.8, 4) is 11.5 Å². The first-order valence-corrected chi connectivity index (χ1v) is 9.46. The van der Waals surface area contributed by atoms with Crippen LogP contribution in [0.1, 0.15) is 16.3 Å². The molecule has 4 aromatic rings. The summed E-state index contributed by atoms with van der Waals surface area (Å²) in [5, 5.41) is 9.60. The molecule has 0 bridgehead atoms. The van der Waals surface area contributed by atoms with Crippen molar-refractivity contribution >= 4 is 39.1 Å². The lowest BCUT2D eigenvalue weighted by Gasteiger charge is -2.01. The molecule has 0 aliphatic rings. The topological polar surface area (TPSA) is 90.7 Å². The van der Waals surface area contributed by atoms with Crippen molar-refractivity contribution in [3.63, 3.8) is 0 Å². The van der Waals surface area contributed by atoms with E-state index in [4.69, 9.17) is 10.2 Å². The number of benzene rings is 1. The van der Waals surface area contributed by atoms with Crippen molar-refractivity contribution in [1.29, 1.82) is 0 Å². The van der Waals surface area contributed by atoms with E-state index in [2.05, 4.69) is 27.1 Å². The molecule has 0 aliphatic heterocycles. The number of thiophene rings is 1. The average Bonchev–Trinajstić information content (AvgIpc) is 3.19. The van der Waals surface area contributed by atoms with Crippen LogP contribution in [-0.2, 0) is 5.75 Å². The van der Waals surface area contributed by atoms with Crippen molar-refractivity contribution in [2.75, 3.05) is 5.73 Å². The molecule has 0 radical (unpaired) electrons. The van der Waals surface area contributed by atoms with Crippen LogP contribution in [0.2, 0.25) is 0 Å². The number of hydrogen-bond acceptors (Lipinski definition) is 8. The Labute approximate surface area is 152 Å². The predicted molar refractivity (Wildman–Crippen MR) is 101 cm³/mol. The van der Waals surface area contributed by atoms with E-state index in [9.17, 15) is 0 Å². The van der Waals surface area contributed by atoms with E-state index in [-0.39, 0.29) is 0 Å². The Morgan fingerprint density at radius 1 is 1.12 bits per heavy atom. The Bertz CT molecular complexity index is 1040. The van der Waals surface area contributed by atoms with Crippen LogP contribution in [-0.4, -0.2) is 20.2 Å². The summed E-state index contributed by atoms with van der Waals surface area (Å²) in [5.74, 6) is 2.21. The monoisotopic (exact) mass is 369 g/mol. The van der Waals surface area contributed by atoms with E-state index in [0.717, 1.165) is 21.3 Å². The van der Waals surface area contributed by atoms with Gasteiger partial charge >= 0.3 is 0 Å². The first-order valence-electron chi connectivity index (χ1n) is 7.65. The van der Waals surface area contributed by atoms with Gasteiger partial charge in [0.25, 0.3) is 5.22 Å². The Morgan fingerprint density at radius 2 is 1.92 bits per heavy atom. The van der Waals surface area contributed by atoms with Gasteiger partial charge in [-0.25, -0.2) is 9.97 Å². The normalized spacial score (nSPS) is 11.3. The molecule has 6 nitrogen and oxygen atoms in total. The van der Waals surface area contributed by atoms with E-state index in [1.165, 1.54) is 16.6 Å². The van der Waals surface area contributed by atoms with E-state index < -0.39 is 0 Å². The molecule has 4 rings (SSSR count). The van der Waals surface area contributed by atoms with Crippen LogP contribution in [0.4, 0.5) is 5.82 Å². The zero-order valence-corrected chi connectivity index (χ0v) is 15.3. The maximum absolute atomic E-state index is 6.12. The second kappa shape index (κ2) is 6.45. The average molecular weight is 369 g/mol. The molecule has 0 unspecified atom stereocenters. The largest absolute Gasteiger partial charge is 0.411 e. The van der Waals surface area contributed by atoms with Crippen molar-refractivity contribution in [2.45, 2.75) is 24.8 Å². The number of rotatable bonds is 4. The summed E-state index contributed by atoms with van der Waals surface area (Å²) < 4.78 is 5.69. The first-order chi connectivity index (χ1) is 12.1. The third-order valence-corrected chi connectivity index (χ3v) is 5.77. The minimum absolute atomic E-state index is 0.486. The highest BCUT2D eigenvalue weighted by atomic mass is 32.2. The van der Waals surface area contributed by atoms with Gasteiger partial charge in [-0.3, -0.25) is 0 Å². The maximum Gasteiger partial charge on any atom is 0.277 e. The third-order valence-electron chi connectivity index (χ3n) is 3.85. The molecule has 0 saturated heterocycles. The smallest absolute Gasteiger partial charge is 0.277 e. The molecule has 3 aromatic heterocycles. The zero-order valence-electron chi connectivity index (χ0n) is 13.7. The fourth-order valence-electron chi connectivity index (χ4n) is 2.48. The fourth-order valence-corrected chi connectivity index (χ4v) is 4.16. The van der Waals surface area contributed by atoms with Gasteiger partial charge in [0.1, 0.15) is 16.5 Å². The number of nitrogen functional groups attached to an aromatic ring is 1. The molecular weight excluding hydrogens is 354 g/mol. The van der Waals surface area contributed by atoms with E-state index in [0.29, 0.717) is 28.5 Å².